The predicted molar refractivity (Wildman–Crippen MR) is 83.1 cm³/mol. The van der Waals surface area contributed by atoms with Crippen LogP contribution in [0.15, 0.2) is 36.1 Å². The molecule has 0 aromatic rings. The molecule has 1 aliphatic carbocycles. The van der Waals surface area contributed by atoms with E-state index in [0.29, 0.717) is 0 Å². The monoisotopic (exact) mass is 264 g/mol. The van der Waals surface area contributed by atoms with Crippen LogP contribution in [0.5, 0.6) is 0 Å². The van der Waals surface area contributed by atoms with Crippen LogP contribution in [-0.2, 0) is 4.43 Å². The SMILES string of the molecule is C=CCCCCCC[Si](C)(C)OC1=CC=C(C)C1. The third-order valence-corrected chi connectivity index (χ3v) is 5.72. The molecule has 0 aliphatic heterocycles. The van der Waals surface area contributed by atoms with Crippen molar-refractivity contribution in [3.63, 3.8) is 0 Å². The normalized spacial score (nSPS) is 15.3. The minimum atomic E-state index is -1.49. The van der Waals surface area contributed by atoms with E-state index in [0.717, 1.165) is 12.8 Å². The summed E-state index contributed by atoms with van der Waals surface area (Å²) in [5.74, 6) is 1.19. The van der Waals surface area contributed by atoms with Crippen LogP contribution in [0.2, 0.25) is 19.1 Å². The van der Waals surface area contributed by atoms with Crippen molar-refractivity contribution >= 4 is 8.32 Å². The molecule has 0 bridgehead atoms. The number of allylic oxidation sites excluding steroid dienone is 4. The summed E-state index contributed by atoms with van der Waals surface area (Å²) < 4.78 is 6.23. The molecule has 2 heteroatoms. The van der Waals surface area contributed by atoms with Gasteiger partial charge in [0.25, 0.3) is 0 Å². The lowest BCUT2D eigenvalue weighted by molar-refractivity contribution is 0.403. The minimum absolute atomic E-state index is 1.02. The first-order chi connectivity index (χ1) is 8.53. The largest absolute Gasteiger partial charge is 0.547 e. The Balaban J connectivity index is 2.14. The van der Waals surface area contributed by atoms with Crippen molar-refractivity contribution in [2.75, 3.05) is 0 Å². The molecular formula is C16H28OSi. The van der Waals surface area contributed by atoms with E-state index >= 15 is 0 Å². The highest BCUT2D eigenvalue weighted by Gasteiger charge is 2.25. The third-order valence-electron chi connectivity index (χ3n) is 3.35. The maximum Gasteiger partial charge on any atom is 0.244 e. The summed E-state index contributed by atoms with van der Waals surface area (Å²) in [6.45, 7) is 10.6. The molecular weight excluding hydrogens is 236 g/mol. The Morgan fingerprint density at radius 2 is 1.94 bits per heavy atom. The molecule has 0 saturated carbocycles. The van der Waals surface area contributed by atoms with Gasteiger partial charge in [-0.05, 0) is 45.0 Å². The fourth-order valence-corrected chi connectivity index (χ4v) is 4.35. The Kier molecular flexibility index (Phi) is 6.48. The van der Waals surface area contributed by atoms with Crippen molar-refractivity contribution in [2.45, 2.75) is 64.6 Å². The number of hydrogen-bond acceptors (Lipinski definition) is 1. The van der Waals surface area contributed by atoms with E-state index < -0.39 is 8.32 Å². The van der Waals surface area contributed by atoms with Gasteiger partial charge in [-0.15, -0.1) is 6.58 Å². The second-order valence-corrected chi connectivity index (χ2v) is 10.1. The maximum absolute atomic E-state index is 6.23. The van der Waals surface area contributed by atoms with Crippen LogP contribution in [0.25, 0.3) is 0 Å². The lowest BCUT2D eigenvalue weighted by atomic mass is 10.1. The van der Waals surface area contributed by atoms with E-state index in [-0.39, 0.29) is 0 Å². The highest BCUT2D eigenvalue weighted by molar-refractivity contribution is 6.71. The second kappa shape index (κ2) is 7.62. The van der Waals surface area contributed by atoms with Crippen LogP contribution in [-0.4, -0.2) is 8.32 Å². The fourth-order valence-electron chi connectivity index (χ4n) is 2.30. The lowest BCUT2D eigenvalue weighted by Gasteiger charge is -2.25. The van der Waals surface area contributed by atoms with Crippen molar-refractivity contribution in [2.24, 2.45) is 0 Å². The number of rotatable bonds is 9. The summed E-state index contributed by atoms with van der Waals surface area (Å²) in [4.78, 5) is 0. The van der Waals surface area contributed by atoms with Gasteiger partial charge in [-0.3, -0.25) is 0 Å². The van der Waals surface area contributed by atoms with E-state index in [4.69, 9.17) is 4.43 Å². The molecule has 1 aliphatic rings. The molecule has 1 nitrogen and oxygen atoms in total. The zero-order valence-electron chi connectivity index (χ0n) is 12.3. The zero-order chi connectivity index (χ0) is 13.4. The van der Waals surface area contributed by atoms with E-state index in [1.54, 1.807) is 0 Å². The molecule has 102 valence electrons. The van der Waals surface area contributed by atoms with E-state index in [2.05, 4.69) is 38.7 Å². The molecule has 18 heavy (non-hydrogen) atoms. The van der Waals surface area contributed by atoms with Crippen molar-refractivity contribution < 1.29 is 4.43 Å². The van der Waals surface area contributed by atoms with Gasteiger partial charge < -0.3 is 4.43 Å². The highest BCUT2D eigenvalue weighted by Crippen LogP contribution is 2.26. The first kappa shape index (κ1) is 15.3. The smallest absolute Gasteiger partial charge is 0.244 e. The van der Waals surface area contributed by atoms with Gasteiger partial charge in [-0.1, -0.05) is 37.0 Å². The third kappa shape index (κ3) is 6.25. The van der Waals surface area contributed by atoms with Gasteiger partial charge in [0.05, 0.1) is 5.76 Å². The van der Waals surface area contributed by atoms with Gasteiger partial charge in [0.1, 0.15) is 0 Å². The highest BCUT2D eigenvalue weighted by atomic mass is 28.4. The van der Waals surface area contributed by atoms with Crippen molar-refractivity contribution in [1.82, 2.24) is 0 Å². The topological polar surface area (TPSA) is 9.23 Å². The van der Waals surface area contributed by atoms with E-state index in [1.807, 2.05) is 6.08 Å². The Bertz CT molecular complexity index is 326. The number of unbranched alkanes of at least 4 members (excludes halogenated alkanes) is 4. The Labute approximate surface area is 114 Å². The molecule has 0 spiro atoms. The fraction of sp³-hybridized carbons (Fsp3) is 0.625. The van der Waals surface area contributed by atoms with Crippen LogP contribution in [0.4, 0.5) is 0 Å². The first-order valence-corrected chi connectivity index (χ1v) is 10.3. The minimum Gasteiger partial charge on any atom is -0.547 e. The molecule has 0 amide bonds. The molecule has 0 heterocycles. The first-order valence-electron chi connectivity index (χ1n) is 7.20. The van der Waals surface area contributed by atoms with Crippen molar-refractivity contribution in [1.29, 1.82) is 0 Å². The molecule has 1 rings (SSSR count). The second-order valence-electron chi connectivity index (χ2n) is 5.93. The standard InChI is InChI=1S/C16H28OSi/c1-5-6-7-8-9-10-13-18(3,4)17-16-12-11-15(2)14-16/h5,11-12H,1,6-10,13-14H2,2-4H3. The van der Waals surface area contributed by atoms with Crippen molar-refractivity contribution in [3.05, 3.63) is 36.1 Å². The van der Waals surface area contributed by atoms with Crippen LogP contribution in [0.3, 0.4) is 0 Å². The molecule has 0 radical (unpaired) electrons. The molecule has 0 atom stereocenters. The predicted octanol–water partition coefficient (Wildman–Crippen LogP) is 5.58. The molecule has 0 aromatic heterocycles. The van der Waals surface area contributed by atoms with Gasteiger partial charge in [-0.2, -0.15) is 0 Å². The van der Waals surface area contributed by atoms with Crippen molar-refractivity contribution in [3.8, 4) is 0 Å². The Hall–Kier alpha value is -0.763. The van der Waals surface area contributed by atoms with Crippen LogP contribution in [0, 0.1) is 0 Å². The molecule has 0 aromatic carbocycles. The Morgan fingerprint density at radius 1 is 1.22 bits per heavy atom. The van der Waals surface area contributed by atoms with Crippen LogP contribution >= 0.6 is 0 Å². The maximum atomic E-state index is 6.23. The average Bonchev–Trinajstić information content (AvgIpc) is 2.68. The summed E-state index contributed by atoms with van der Waals surface area (Å²) >= 11 is 0. The summed E-state index contributed by atoms with van der Waals surface area (Å²) in [6, 6.07) is 1.28. The zero-order valence-corrected chi connectivity index (χ0v) is 13.3. The van der Waals surface area contributed by atoms with Gasteiger partial charge in [-0.25, -0.2) is 0 Å². The molecule has 0 unspecified atom stereocenters. The van der Waals surface area contributed by atoms with E-state index in [9.17, 15) is 0 Å². The lowest BCUT2D eigenvalue weighted by Crippen LogP contribution is -2.29. The number of hydrogen-bond donors (Lipinski definition) is 0. The van der Waals surface area contributed by atoms with Crippen LogP contribution in [0.1, 0.15) is 45.4 Å². The summed E-state index contributed by atoms with van der Waals surface area (Å²) in [7, 11) is -1.49. The summed E-state index contributed by atoms with van der Waals surface area (Å²) in [6.07, 6.45) is 13.8. The van der Waals surface area contributed by atoms with Crippen LogP contribution < -0.4 is 0 Å². The van der Waals surface area contributed by atoms with Gasteiger partial charge >= 0.3 is 0 Å². The quantitative estimate of drug-likeness (QED) is 0.300. The van der Waals surface area contributed by atoms with E-state index in [1.165, 1.54) is 43.1 Å². The van der Waals surface area contributed by atoms with Gasteiger partial charge in [0, 0.05) is 6.42 Å². The molecule has 0 fully saturated rings. The van der Waals surface area contributed by atoms with Gasteiger partial charge in [0.2, 0.25) is 8.32 Å². The van der Waals surface area contributed by atoms with Gasteiger partial charge in [0.15, 0.2) is 0 Å². The summed E-state index contributed by atoms with van der Waals surface area (Å²) in [5, 5.41) is 0. The summed E-state index contributed by atoms with van der Waals surface area (Å²) in [5.41, 5.74) is 1.42. The molecule has 0 N–H and O–H groups in total. The Morgan fingerprint density at radius 3 is 2.56 bits per heavy atom. The average molecular weight is 264 g/mol. The molecule has 0 saturated heterocycles.